The molecule has 1 amide bonds. The standard InChI is InChI=1S/C15H16N6O2/c1-17-15(23)12(10-16)13(22)8-5-9-21-19-14(18-20-21)11-6-3-2-4-7-11/h2-4,6-7,12H,5,8-9H2,1H3,(H,17,23)/t12-/m1/s1. The number of nitriles is 1. The van der Waals surface area contributed by atoms with E-state index in [4.69, 9.17) is 5.26 Å². The van der Waals surface area contributed by atoms with E-state index in [9.17, 15) is 9.59 Å². The fourth-order valence-corrected chi connectivity index (χ4v) is 2.00. The lowest BCUT2D eigenvalue weighted by Crippen LogP contribution is -2.32. The molecule has 0 radical (unpaired) electrons. The molecule has 0 bridgehead atoms. The van der Waals surface area contributed by atoms with Gasteiger partial charge in [-0.3, -0.25) is 9.59 Å². The van der Waals surface area contributed by atoms with Crippen molar-refractivity contribution >= 4 is 11.7 Å². The van der Waals surface area contributed by atoms with E-state index in [2.05, 4.69) is 20.7 Å². The molecule has 0 saturated carbocycles. The summed E-state index contributed by atoms with van der Waals surface area (Å²) in [6.45, 7) is 0.386. The SMILES string of the molecule is CNC(=O)[C@H](C#N)C(=O)CCCn1nnc(-c2ccccc2)n1. The summed E-state index contributed by atoms with van der Waals surface area (Å²) in [6, 6.07) is 11.1. The third-order valence-electron chi connectivity index (χ3n) is 3.23. The molecule has 23 heavy (non-hydrogen) atoms. The molecule has 1 aromatic heterocycles. The maximum absolute atomic E-state index is 11.8. The molecule has 1 N–H and O–H groups in total. The van der Waals surface area contributed by atoms with Gasteiger partial charge in [0.25, 0.3) is 0 Å². The van der Waals surface area contributed by atoms with Crippen LogP contribution < -0.4 is 5.32 Å². The molecule has 1 aromatic carbocycles. The van der Waals surface area contributed by atoms with E-state index in [0.717, 1.165) is 5.56 Å². The van der Waals surface area contributed by atoms with E-state index in [-0.39, 0.29) is 6.42 Å². The quantitative estimate of drug-likeness (QED) is 0.748. The molecule has 1 atom stereocenters. The summed E-state index contributed by atoms with van der Waals surface area (Å²) in [7, 11) is 1.39. The number of amides is 1. The van der Waals surface area contributed by atoms with E-state index in [1.165, 1.54) is 11.8 Å². The first-order valence-electron chi connectivity index (χ1n) is 7.13. The highest BCUT2D eigenvalue weighted by atomic mass is 16.2. The Morgan fingerprint density at radius 1 is 1.35 bits per heavy atom. The third-order valence-corrected chi connectivity index (χ3v) is 3.23. The number of ketones is 1. The van der Waals surface area contributed by atoms with Crippen LogP contribution >= 0.6 is 0 Å². The summed E-state index contributed by atoms with van der Waals surface area (Å²) in [4.78, 5) is 24.6. The summed E-state index contributed by atoms with van der Waals surface area (Å²) in [5.41, 5.74) is 0.860. The topological polar surface area (TPSA) is 114 Å². The second-order valence-corrected chi connectivity index (χ2v) is 4.82. The van der Waals surface area contributed by atoms with Gasteiger partial charge in [0.2, 0.25) is 11.7 Å². The largest absolute Gasteiger partial charge is 0.358 e. The van der Waals surface area contributed by atoms with Crippen LogP contribution in [0.4, 0.5) is 0 Å². The smallest absolute Gasteiger partial charge is 0.244 e. The van der Waals surface area contributed by atoms with Crippen LogP contribution in [-0.2, 0) is 16.1 Å². The third kappa shape index (κ3) is 4.20. The van der Waals surface area contributed by atoms with Crippen LogP contribution in [0, 0.1) is 17.2 Å². The van der Waals surface area contributed by atoms with Gasteiger partial charge < -0.3 is 5.32 Å². The normalized spacial score (nSPS) is 11.5. The first-order chi connectivity index (χ1) is 11.2. The Morgan fingerprint density at radius 3 is 2.74 bits per heavy atom. The van der Waals surface area contributed by atoms with Gasteiger partial charge in [-0.15, -0.1) is 10.2 Å². The maximum Gasteiger partial charge on any atom is 0.244 e. The van der Waals surface area contributed by atoms with E-state index >= 15 is 0 Å². The minimum absolute atomic E-state index is 0.105. The summed E-state index contributed by atoms with van der Waals surface area (Å²) in [6.07, 6.45) is 0.534. The molecule has 0 aliphatic carbocycles. The molecule has 8 heteroatoms. The molecule has 1 heterocycles. The zero-order valence-corrected chi connectivity index (χ0v) is 12.6. The zero-order chi connectivity index (χ0) is 16.7. The average molecular weight is 312 g/mol. The molecule has 0 unspecified atom stereocenters. The Balaban J connectivity index is 1.88. The number of aryl methyl sites for hydroxylation is 1. The Bertz CT molecular complexity index is 719. The number of Topliss-reactive ketones (excluding diaryl/α,β-unsaturated/α-hetero) is 1. The minimum atomic E-state index is -1.26. The maximum atomic E-state index is 11.8. The number of benzene rings is 1. The van der Waals surface area contributed by atoms with Crippen LogP contribution in [0.1, 0.15) is 12.8 Å². The molecule has 2 aromatic rings. The number of tetrazole rings is 1. The Labute approximate surface area is 133 Å². The first kappa shape index (κ1) is 16.3. The molecular weight excluding hydrogens is 296 g/mol. The Morgan fingerprint density at radius 2 is 2.09 bits per heavy atom. The lowest BCUT2D eigenvalue weighted by Gasteiger charge is -2.05. The van der Waals surface area contributed by atoms with Gasteiger partial charge in [0.05, 0.1) is 12.6 Å². The van der Waals surface area contributed by atoms with Crippen molar-refractivity contribution in [2.24, 2.45) is 5.92 Å². The summed E-state index contributed by atoms with van der Waals surface area (Å²) in [5.74, 6) is -1.74. The molecular formula is C15H16N6O2. The molecule has 0 spiro atoms. The lowest BCUT2D eigenvalue weighted by atomic mass is 10.0. The number of nitrogens with zero attached hydrogens (tertiary/aromatic N) is 5. The molecule has 0 saturated heterocycles. The summed E-state index contributed by atoms with van der Waals surface area (Å²) >= 11 is 0. The molecule has 118 valence electrons. The van der Waals surface area contributed by atoms with Crippen molar-refractivity contribution in [3.8, 4) is 17.5 Å². The van der Waals surface area contributed by atoms with Crippen molar-refractivity contribution in [1.29, 1.82) is 5.26 Å². The van der Waals surface area contributed by atoms with Crippen molar-refractivity contribution in [3.63, 3.8) is 0 Å². The number of carbonyl (C=O) groups excluding carboxylic acids is 2. The van der Waals surface area contributed by atoms with Gasteiger partial charge in [0.15, 0.2) is 11.7 Å². The van der Waals surface area contributed by atoms with Crippen molar-refractivity contribution in [2.75, 3.05) is 7.05 Å². The van der Waals surface area contributed by atoms with Gasteiger partial charge in [-0.05, 0) is 11.6 Å². The molecule has 2 rings (SSSR count). The summed E-state index contributed by atoms with van der Waals surface area (Å²) < 4.78 is 0. The van der Waals surface area contributed by atoms with Crippen molar-refractivity contribution in [3.05, 3.63) is 30.3 Å². The van der Waals surface area contributed by atoms with Gasteiger partial charge in [-0.1, -0.05) is 30.3 Å². The fraction of sp³-hybridized carbons (Fsp3) is 0.333. The van der Waals surface area contributed by atoms with E-state index < -0.39 is 17.6 Å². The highest BCUT2D eigenvalue weighted by Crippen LogP contribution is 2.12. The lowest BCUT2D eigenvalue weighted by molar-refractivity contribution is -0.131. The molecule has 8 nitrogen and oxygen atoms in total. The zero-order valence-electron chi connectivity index (χ0n) is 12.6. The average Bonchev–Trinajstić information content (AvgIpc) is 3.05. The highest BCUT2D eigenvalue weighted by Gasteiger charge is 2.24. The fourth-order valence-electron chi connectivity index (χ4n) is 2.00. The summed E-state index contributed by atoms with van der Waals surface area (Å²) in [5, 5.41) is 23.3. The van der Waals surface area contributed by atoms with Crippen molar-refractivity contribution < 1.29 is 9.59 Å². The van der Waals surface area contributed by atoms with Gasteiger partial charge in [0.1, 0.15) is 0 Å². The van der Waals surface area contributed by atoms with Gasteiger partial charge >= 0.3 is 0 Å². The second kappa shape index (κ2) is 7.79. The molecule has 0 aliphatic rings. The van der Waals surface area contributed by atoms with Crippen LogP contribution in [-0.4, -0.2) is 38.9 Å². The van der Waals surface area contributed by atoms with Crippen molar-refractivity contribution in [2.45, 2.75) is 19.4 Å². The monoisotopic (exact) mass is 312 g/mol. The number of hydrogen-bond donors (Lipinski definition) is 1. The number of nitrogens with one attached hydrogen (secondary N) is 1. The van der Waals surface area contributed by atoms with Crippen LogP contribution in [0.5, 0.6) is 0 Å². The van der Waals surface area contributed by atoms with E-state index in [0.29, 0.717) is 18.8 Å². The molecule has 0 aliphatic heterocycles. The van der Waals surface area contributed by atoms with E-state index in [1.54, 1.807) is 6.07 Å². The van der Waals surface area contributed by atoms with Crippen LogP contribution in [0.25, 0.3) is 11.4 Å². The second-order valence-electron chi connectivity index (χ2n) is 4.82. The van der Waals surface area contributed by atoms with Crippen LogP contribution in [0.3, 0.4) is 0 Å². The van der Waals surface area contributed by atoms with E-state index in [1.807, 2.05) is 30.3 Å². The molecule has 0 fully saturated rings. The number of carbonyl (C=O) groups is 2. The van der Waals surface area contributed by atoms with Gasteiger partial charge in [-0.2, -0.15) is 10.1 Å². The predicted molar refractivity (Wildman–Crippen MR) is 80.7 cm³/mol. The predicted octanol–water partition coefficient (Wildman–Crippen LogP) is 0.575. The Kier molecular flexibility index (Phi) is 5.52. The highest BCUT2D eigenvalue weighted by molar-refractivity contribution is 6.03. The van der Waals surface area contributed by atoms with Crippen LogP contribution in [0.2, 0.25) is 0 Å². The van der Waals surface area contributed by atoms with Gasteiger partial charge in [-0.25, -0.2) is 0 Å². The number of rotatable bonds is 7. The number of aromatic nitrogens is 4. The first-order valence-corrected chi connectivity index (χ1v) is 7.13. The van der Waals surface area contributed by atoms with Crippen LogP contribution in [0.15, 0.2) is 30.3 Å². The van der Waals surface area contributed by atoms with Gasteiger partial charge in [0, 0.05) is 19.0 Å². The minimum Gasteiger partial charge on any atom is -0.358 e. The van der Waals surface area contributed by atoms with Crippen molar-refractivity contribution in [1.82, 2.24) is 25.5 Å². The Hall–Kier alpha value is -3.08. The number of hydrogen-bond acceptors (Lipinski definition) is 6.